The van der Waals surface area contributed by atoms with Crippen LogP contribution in [0.2, 0.25) is 5.02 Å². The molecule has 1 saturated heterocycles. The van der Waals surface area contributed by atoms with E-state index >= 15 is 0 Å². The van der Waals surface area contributed by atoms with Gasteiger partial charge in [-0.15, -0.1) is 0 Å². The van der Waals surface area contributed by atoms with Crippen LogP contribution in [-0.2, 0) is 18.9 Å². The molecule has 0 bridgehead atoms. The number of fused-ring (bicyclic) bond motifs is 1. The lowest BCUT2D eigenvalue weighted by molar-refractivity contribution is -0.0785. The monoisotopic (exact) mass is 615 g/mol. The molecule has 4 atom stereocenters. The minimum absolute atomic E-state index is 0.0522. The van der Waals surface area contributed by atoms with E-state index in [0.29, 0.717) is 25.1 Å². The summed E-state index contributed by atoms with van der Waals surface area (Å²) in [5.41, 5.74) is -3.58. The van der Waals surface area contributed by atoms with Gasteiger partial charge < -0.3 is 33.4 Å². The molecule has 232 valence electrons. The van der Waals surface area contributed by atoms with E-state index in [1.165, 1.54) is 31.2 Å². The van der Waals surface area contributed by atoms with Crippen LogP contribution in [0.25, 0.3) is 17.1 Å². The summed E-state index contributed by atoms with van der Waals surface area (Å²) < 4.78 is 28.5. The number of piperidine rings is 1. The minimum atomic E-state index is -1.73. The van der Waals surface area contributed by atoms with Gasteiger partial charge in [-0.05, 0) is 74.6 Å². The number of likely N-dealkylation sites (N-methyl/N-ethyl adjacent to an activating group) is 1. The van der Waals surface area contributed by atoms with Gasteiger partial charge in [-0.3, -0.25) is 4.79 Å². The maximum absolute atomic E-state index is 13.8. The van der Waals surface area contributed by atoms with Crippen LogP contribution in [0.3, 0.4) is 0 Å². The first-order chi connectivity index (χ1) is 19.8. The summed E-state index contributed by atoms with van der Waals surface area (Å²) in [5.74, 6) is -1.45. The molecule has 2 aliphatic rings. The van der Waals surface area contributed by atoms with Crippen LogP contribution in [0.4, 0.5) is 9.59 Å². The molecule has 4 rings (SSSR count). The number of hydrogen-bond acceptors (Lipinski definition) is 10. The number of hydrogen-bond donors (Lipinski definition) is 1. The fourth-order valence-corrected chi connectivity index (χ4v) is 5.62. The lowest BCUT2D eigenvalue weighted by atomic mass is 9.68. The smallest absolute Gasteiger partial charge is 0.460 e. The van der Waals surface area contributed by atoms with Crippen LogP contribution in [0.15, 0.2) is 33.5 Å². The summed E-state index contributed by atoms with van der Waals surface area (Å²) in [6, 6.07) is 9.81. The summed E-state index contributed by atoms with van der Waals surface area (Å²) >= 11 is 6.41. The van der Waals surface area contributed by atoms with E-state index in [1.54, 1.807) is 41.5 Å². The van der Waals surface area contributed by atoms with Gasteiger partial charge >= 0.3 is 12.3 Å². The van der Waals surface area contributed by atoms with Crippen molar-refractivity contribution >= 4 is 29.7 Å². The molecular formula is C32H38ClNO9. The molecule has 1 fully saturated rings. The number of carbonyl (C=O) groups excluding carboxylic acids is 2. The van der Waals surface area contributed by atoms with Gasteiger partial charge in [0.1, 0.15) is 40.1 Å². The first-order valence-electron chi connectivity index (χ1n) is 14.0. The second kappa shape index (κ2) is 11.9. The van der Waals surface area contributed by atoms with Gasteiger partial charge in [0, 0.05) is 36.2 Å². The molecule has 2 aromatic rings. The number of nitrogens with zero attached hydrogens (tertiary/aromatic N) is 1. The van der Waals surface area contributed by atoms with Gasteiger partial charge in [0.2, 0.25) is 0 Å². The van der Waals surface area contributed by atoms with E-state index in [1.807, 2.05) is 11.9 Å². The Labute approximate surface area is 256 Å². The van der Waals surface area contributed by atoms with Crippen molar-refractivity contribution in [2.24, 2.45) is 5.92 Å². The van der Waals surface area contributed by atoms with Gasteiger partial charge in [-0.1, -0.05) is 23.7 Å². The quantitative estimate of drug-likeness (QED) is 0.411. The molecule has 11 heteroatoms. The molecule has 2 unspecified atom stereocenters. The number of aliphatic hydroxyl groups is 1. The summed E-state index contributed by atoms with van der Waals surface area (Å²) in [6.45, 7) is 12.7. The predicted octanol–water partition coefficient (Wildman–Crippen LogP) is 5.97. The molecule has 1 aromatic carbocycles. The summed E-state index contributed by atoms with van der Waals surface area (Å²) in [7, 11) is 1.89. The fourth-order valence-electron chi connectivity index (χ4n) is 5.42. The van der Waals surface area contributed by atoms with Gasteiger partial charge in [-0.25, -0.2) is 9.59 Å². The summed E-state index contributed by atoms with van der Waals surface area (Å²) in [5, 5.41) is 12.2. The normalized spacial score (nSPS) is 24.2. The predicted molar refractivity (Wildman–Crippen MR) is 158 cm³/mol. The average molecular weight is 616 g/mol. The lowest BCUT2D eigenvalue weighted by Crippen LogP contribution is -2.52. The zero-order chi connectivity index (χ0) is 31.9. The molecular weight excluding hydrogens is 578 g/mol. The van der Waals surface area contributed by atoms with Gasteiger partial charge in [0.05, 0.1) is 16.5 Å². The highest BCUT2D eigenvalue weighted by Gasteiger charge is 2.51. The Balaban J connectivity index is 1.86. The van der Waals surface area contributed by atoms with Crippen LogP contribution in [0, 0.1) is 18.1 Å². The molecule has 0 radical (unpaired) electrons. The van der Waals surface area contributed by atoms with Crippen molar-refractivity contribution in [3.8, 4) is 11.3 Å². The third-order valence-electron chi connectivity index (χ3n) is 7.04. The van der Waals surface area contributed by atoms with Crippen LogP contribution < -0.4 is 5.43 Å². The summed E-state index contributed by atoms with van der Waals surface area (Å²) in [6.07, 6.45) is -0.859. The Hall–Kier alpha value is -3.52. The van der Waals surface area contributed by atoms with E-state index in [9.17, 15) is 19.5 Å². The largest absolute Gasteiger partial charge is 0.514 e. The maximum Gasteiger partial charge on any atom is 0.514 e. The van der Waals surface area contributed by atoms with E-state index < -0.39 is 52.5 Å². The number of carbonyl (C=O) groups is 2. The Morgan fingerprint density at radius 1 is 1.09 bits per heavy atom. The molecule has 0 amide bonds. The van der Waals surface area contributed by atoms with Gasteiger partial charge in [0.25, 0.3) is 0 Å². The Kier molecular flexibility index (Phi) is 8.94. The van der Waals surface area contributed by atoms with Crippen molar-refractivity contribution in [2.75, 3.05) is 20.1 Å². The van der Waals surface area contributed by atoms with Gasteiger partial charge in [-0.2, -0.15) is 0 Å². The lowest BCUT2D eigenvalue weighted by Gasteiger charge is -2.45. The van der Waals surface area contributed by atoms with E-state index in [0.717, 1.165) is 0 Å². The van der Waals surface area contributed by atoms with Crippen molar-refractivity contribution in [3.05, 3.63) is 63.0 Å². The Morgan fingerprint density at radius 3 is 2.35 bits per heavy atom. The van der Waals surface area contributed by atoms with Crippen LogP contribution in [0.5, 0.6) is 0 Å². The Bertz CT molecular complexity index is 1460. The zero-order valence-electron chi connectivity index (χ0n) is 25.7. The van der Waals surface area contributed by atoms with Crippen LogP contribution >= 0.6 is 11.6 Å². The molecule has 0 spiro atoms. The standard InChI is InChI=1S/C32H38ClNO9/c1-30(2,3)42-28(36)40-23-16-32(7,38)26(19-13-14-34(8)17-24(19)41-29(37)43-31(4,5)6)27-25(23)21(35)15-22(39-27)18-11-9-10-12-20(18)33/h11-12,15-16,19,24,26,38H,13-14,17H2,1-8H3/t19-,24+,26?,32?/m0/s1. The van der Waals surface area contributed by atoms with Gasteiger partial charge in [0.15, 0.2) is 5.43 Å². The molecule has 43 heavy (non-hydrogen) atoms. The van der Waals surface area contributed by atoms with Crippen molar-refractivity contribution < 1.29 is 38.1 Å². The molecule has 10 nitrogen and oxygen atoms in total. The van der Waals surface area contributed by atoms with Crippen LogP contribution in [-0.4, -0.2) is 65.4 Å². The first kappa shape index (κ1) is 32.4. The maximum atomic E-state index is 13.8. The number of ether oxygens (including phenoxy) is 4. The van der Waals surface area contributed by atoms with Crippen molar-refractivity contribution in [1.82, 2.24) is 4.90 Å². The van der Waals surface area contributed by atoms with E-state index in [2.05, 4.69) is 12.1 Å². The first-order valence-corrected chi connectivity index (χ1v) is 14.4. The molecule has 2 heterocycles. The molecule has 1 aromatic heterocycles. The topological polar surface area (TPSA) is 125 Å². The van der Waals surface area contributed by atoms with Crippen molar-refractivity contribution in [3.63, 3.8) is 0 Å². The highest BCUT2D eigenvalue weighted by molar-refractivity contribution is 6.33. The molecule has 0 saturated carbocycles. The second-order valence-electron chi connectivity index (χ2n) is 13.2. The Morgan fingerprint density at radius 2 is 1.72 bits per heavy atom. The second-order valence-corrected chi connectivity index (χ2v) is 13.6. The minimum Gasteiger partial charge on any atom is -0.460 e. The summed E-state index contributed by atoms with van der Waals surface area (Å²) in [4.78, 5) is 41.2. The van der Waals surface area contributed by atoms with E-state index in [-0.39, 0.29) is 27.9 Å². The van der Waals surface area contributed by atoms with Crippen molar-refractivity contribution in [1.29, 1.82) is 0 Å². The van der Waals surface area contributed by atoms with E-state index in [4.69, 9.17) is 35.0 Å². The highest BCUT2D eigenvalue weighted by atomic mass is 35.5. The number of likely N-dealkylation sites (tertiary alicyclic amines) is 1. The van der Waals surface area contributed by atoms with Crippen molar-refractivity contribution in [2.45, 2.75) is 83.7 Å². The third-order valence-corrected chi connectivity index (χ3v) is 7.35. The fraction of sp³-hybridized carbons (Fsp3) is 0.531. The number of rotatable bonds is 4. The van der Waals surface area contributed by atoms with Crippen LogP contribution in [0.1, 0.15) is 72.1 Å². The highest BCUT2D eigenvalue weighted by Crippen LogP contribution is 2.49. The molecule has 1 aliphatic heterocycles. The molecule has 1 aliphatic carbocycles. The molecule has 1 N–H and O–H groups in total. The SMILES string of the molecule is CN1CC[C@H](C2c3oc(-c4cc#ccc4Cl)cc(=O)c3C(OC(=O)OC(C)(C)C)=CC2(C)O)[C@H](OC(=O)OC(C)(C)C)C1. The average Bonchev–Trinajstić information content (AvgIpc) is 2.82. The third kappa shape index (κ3) is 7.71. The number of halogens is 1. The zero-order valence-corrected chi connectivity index (χ0v) is 26.5.